The van der Waals surface area contributed by atoms with Crippen LogP contribution < -0.4 is 11.2 Å². The first-order valence-corrected chi connectivity index (χ1v) is 8.77. The van der Waals surface area contributed by atoms with Crippen molar-refractivity contribution >= 4 is 23.4 Å². The minimum atomic E-state index is -0.387. The molecule has 0 aliphatic carbocycles. The van der Waals surface area contributed by atoms with Crippen molar-refractivity contribution in [2.75, 3.05) is 11.2 Å². The van der Waals surface area contributed by atoms with E-state index in [-0.39, 0.29) is 11.2 Å². The highest BCUT2D eigenvalue weighted by molar-refractivity contribution is 8.00. The molecule has 0 aliphatic heterocycles. The number of hydrogen-bond donors (Lipinski definition) is 2. The number of aromatic nitrogens is 3. The van der Waals surface area contributed by atoms with Gasteiger partial charge in [0.2, 0.25) is 16.9 Å². The molecule has 0 fully saturated rings. The van der Waals surface area contributed by atoms with Crippen LogP contribution in [0.3, 0.4) is 0 Å². The molecule has 7 nitrogen and oxygen atoms in total. The number of nitrogen functional groups attached to an aromatic ring is 1. The summed E-state index contributed by atoms with van der Waals surface area (Å²) in [6.45, 7) is 3.88. The van der Waals surface area contributed by atoms with Gasteiger partial charge in [-0.25, -0.2) is 4.68 Å². The second-order valence-electron chi connectivity index (χ2n) is 5.45. The number of rotatable bonds is 6. The van der Waals surface area contributed by atoms with E-state index >= 15 is 0 Å². The van der Waals surface area contributed by atoms with Crippen LogP contribution in [0.25, 0.3) is 11.6 Å². The molecule has 1 aromatic carbocycles. The maximum absolute atomic E-state index is 12.4. The lowest BCUT2D eigenvalue weighted by atomic mass is 10.1. The monoisotopic (exact) mass is 357 g/mol. The standard InChI is InChI=1S/C17H19N5O2S/c1-3-12-6-8-13(9-7-12)19-16(23)11(2)25-17-21-20-15(22(17)18)14-5-4-10-24-14/h4-11H,3,18H2,1-2H3,(H,19,23)/t11-/m1/s1. The van der Waals surface area contributed by atoms with Gasteiger partial charge in [-0.2, -0.15) is 0 Å². The van der Waals surface area contributed by atoms with Crippen molar-refractivity contribution < 1.29 is 9.21 Å². The lowest BCUT2D eigenvalue weighted by molar-refractivity contribution is -0.115. The Hall–Kier alpha value is -2.74. The van der Waals surface area contributed by atoms with Crippen LogP contribution in [0.15, 0.2) is 52.2 Å². The van der Waals surface area contributed by atoms with E-state index in [4.69, 9.17) is 10.3 Å². The maximum atomic E-state index is 12.4. The third-order valence-corrected chi connectivity index (χ3v) is 4.74. The van der Waals surface area contributed by atoms with Crippen LogP contribution in [-0.2, 0) is 11.2 Å². The molecular formula is C17H19N5O2S. The van der Waals surface area contributed by atoms with Crippen molar-refractivity contribution in [2.24, 2.45) is 0 Å². The van der Waals surface area contributed by atoms with Gasteiger partial charge in [-0.15, -0.1) is 10.2 Å². The van der Waals surface area contributed by atoms with Crippen molar-refractivity contribution in [3.63, 3.8) is 0 Å². The van der Waals surface area contributed by atoms with Crippen LogP contribution in [0, 0.1) is 0 Å². The number of aryl methyl sites for hydroxylation is 1. The van der Waals surface area contributed by atoms with Crippen molar-refractivity contribution in [1.29, 1.82) is 0 Å². The Bertz CT molecular complexity index is 843. The van der Waals surface area contributed by atoms with Crippen molar-refractivity contribution in [3.05, 3.63) is 48.2 Å². The second kappa shape index (κ2) is 7.43. The number of nitrogens with one attached hydrogen (secondary N) is 1. The quantitative estimate of drug-likeness (QED) is 0.520. The minimum absolute atomic E-state index is 0.128. The fourth-order valence-electron chi connectivity index (χ4n) is 2.21. The van der Waals surface area contributed by atoms with Crippen molar-refractivity contribution in [1.82, 2.24) is 14.9 Å². The molecule has 1 atom stereocenters. The van der Waals surface area contributed by atoms with Gasteiger partial charge >= 0.3 is 0 Å². The van der Waals surface area contributed by atoms with E-state index in [0.717, 1.165) is 12.1 Å². The number of carbonyl (C=O) groups excluding carboxylic acids is 1. The molecule has 25 heavy (non-hydrogen) atoms. The summed E-state index contributed by atoms with van der Waals surface area (Å²) < 4.78 is 6.59. The average molecular weight is 357 g/mol. The molecule has 0 saturated carbocycles. The fraction of sp³-hybridized carbons (Fsp3) is 0.235. The molecule has 0 spiro atoms. The van der Waals surface area contributed by atoms with Gasteiger partial charge in [0, 0.05) is 5.69 Å². The molecule has 130 valence electrons. The predicted molar refractivity (Wildman–Crippen MR) is 97.6 cm³/mol. The van der Waals surface area contributed by atoms with E-state index in [1.165, 1.54) is 28.3 Å². The Morgan fingerprint density at radius 1 is 1.32 bits per heavy atom. The molecule has 8 heteroatoms. The van der Waals surface area contributed by atoms with Crippen LogP contribution in [-0.4, -0.2) is 26.0 Å². The largest absolute Gasteiger partial charge is 0.461 e. The molecule has 3 N–H and O–H groups in total. The minimum Gasteiger partial charge on any atom is -0.461 e. The predicted octanol–water partition coefficient (Wildman–Crippen LogP) is 2.93. The highest BCUT2D eigenvalue weighted by atomic mass is 32.2. The zero-order chi connectivity index (χ0) is 17.8. The molecule has 3 rings (SSSR count). The molecule has 0 unspecified atom stereocenters. The van der Waals surface area contributed by atoms with Gasteiger partial charge in [-0.05, 0) is 43.2 Å². The molecule has 2 aromatic heterocycles. The topological polar surface area (TPSA) is 99.0 Å². The SMILES string of the molecule is CCc1ccc(NC(=O)[C@@H](C)Sc2nnc(-c3ccco3)n2N)cc1. The molecule has 1 amide bonds. The zero-order valence-corrected chi connectivity index (χ0v) is 14.8. The number of carbonyl (C=O) groups is 1. The Morgan fingerprint density at radius 3 is 2.72 bits per heavy atom. The highest BCUT2D eigenvalue weighted by Crippen LogP contribution is 2.25. The Balaban J connectivity index is 1.65. The smallest absolute Gasteiger partial charge is 0.237 e. The van der Waals surface area contributed by atoms with Crippen molar-refractivity contribution in [3.8, 4) is 11.6 Å². The van der Waals surface area contributed by atoms with Gasteiger partial charge in [0.25, 0.3) is 0 Å². The summed E-state index contributed by atoms with van der Waals surface area (Å²) in [5.41, 5.74) is 1.99. The van der Waals surface area contributed by atoms with E-state index in [0.29, 0.717) is 16.7 Å². The summed E-state index contributed by atoms with van der Waals surface area (Å²) in [6, 6.07) is 11.3. The number of hydrogen-bond acceptors (Lipinski definition) is 6. The number of furan rings is 1. The average Bonchev–Trinajstić information content (AvgIpc) is 3.26. The fourth-order valence-corrected chi connectivity index (χ4v) is 2.98. The maximum Gasteiger partial charge on any atom is 0.237 e. The van der Waals surface area contributed by atoms with Crippen LogP contribution in [0.1, 0.15) is 19.4 Å². The van der Waals surface area contributed by atoms with Gasteiger partial charge in [-0.1, -0.05) is 30.8 Å². The van der Waals surface area contributed by atoms with Crippen LogP contribution in [0.2, 0.25) is 0 Å². The summed E-state index contributed by atoms with van der Waals surface area (Å²) in [4.78, 5) is 12.4. The van der Waals surface area contributed by atoms with Gasteiger partial charge in [-0.3, -0.25) is 4.79 Å². The Labute approximate surface area is 149 Å². The molecule has 2 heterocycles. The molecule has 0 radical (unpaired) electrons. The molecule has 0 aliphatic rings. The van der Waals surface area contributed by atoms with Gasteiger partial charge in [0.05, 0.1) is 11.5 Å². The lowest BCUT2D eigenvalue weighted by Crippen LogP contribution is -2.23. The first kappa shape index (κ1) is 17.1. The third kappa shape index (κ3) is 3.85. The summed E-state index contributed by atoms with van der Waals surface area (Å²) in [7, 11) is 0. The third-order valence-electron chi connectivity index (χ3n) is 3.69. The van der Waals surface area contributed by atoms with E-state index in [9.17, 15) is 4.79 Å². The van der Waals surface area contributed by atoms with E-state index < -0.39 is 0 Å². The summed E-state index contributed by atoms with van der Waals surface area (Å²) in [5.74, 6) is 6.81. The van der Waals surface area contributed by atoms with Crippen LogP contribution in [0.4, 0.5) is 5.69 Å². The number of amides is 1. The zero-order valence-electron chi connectivity index (χ0n) is 14.0. The number of thioether (sulfide) groups is 1. The van der Waals surface area contributed by atoms with E-state index in [1.807, 2.05) is 24.3 Å². The second-order valence-corrected chi connectivity index (χ2v) is 6.76. The van der Waals surface area contributed by atoms with E-state index in [2.05, 4.69) is 22.4 Å². The van der Waals surface area contributed by atoms with Crippen LogP contribution in [0.5, 0.6) is 0 Å². The van der Waals surface area contributed by atoms with Gasteiger partial charge in [0.15, 0.2) is 5.76 Å². The molecule has 0 bridgehead atoms. The first-order chi connectivity index (χ1) is 12.1. The number of nitrogens with zero attached hydrogens (tertiary/aromatic N) is 3. The first-order valence-electron chi connectivity index (χ1n) is 7.89. The normalized spacial score (nSPS) is 12.1. The molecule has 0 saturated heterocycles. The summed E-state index contributed by atoms with van der Waals surface area (Å²) in [6.07, 6.45) is 2.50. The van der Waals surface area contributed by atoms with Gasteiger partial charge in [0.1, 0.15) is 0 Å². The lowest BCUT2D eigenvalue weighted by Gasteiger charge is -2.11. The molecular weight excluding hydrogens is 338 g/mol. The Morgan fingerprint density at radius 2 is 2.08 bits per heavy atom. The van der Waals surface area contributed by atoms with E-state index in [1.54, 1.807) is 19.1 Å². The Kier molecular flexibility index (Phi) is 5.08. The molecule has 3 aromatic rings. The van der Waals surface area contributed by atoms with Crippen LogP contribution >= 0.6 is 11.8 Å². The van der Waals surface area contributed by atoms with Crippen molar-refractivity contribution in [2.45, 2.75) is 30.7 Å². The summed E-state index contributed by atoms with van der Waals surface area (Å²) in [5, 5.41) is 11.0. The number of nitrogens with two attached hydrogens (primary N) is 1. The highest BCUT2D eigenvalue weighted by Gasteiger charge is 2.20. The number of anilines is 1. The van der Waals surface area contributed by atoms with Gasteiger partial charge < -0.3 is 15.6 Å². The number of benzene rings is 1. The summed E-state index contributed by atoms with van der Waals surface area (Å²) >= 11 is 1.23.